The largest absolute Gasteiger partial charge is 0.327 e. The van der Waals surface area contributed by atoms with Crippen LogP contribution in [0, 0.1) is 0 Å². The van der Waals surface area contributed by atoms with Crippen LogP contribution in [0.2, 0.25) is 0 Å². The van der Waals surface area contributed by atoms with Crippen LogP contribution in [0.5, 0.6) is 0 Å². The second-order valence-electron chi connectivity index (χ2n) is 6.23. The van der Waals surface area contributed by atoms with Crippen LogP contribution in [0.3, 0.4) is 0 Å². The van der Waals surface area contributed by atoms with Crippen LogP contribution in [-0.4, -0.2) is 26.6 Å². The Morgan fingerprint density at radius 1 is 1.19 bits per heavy atom. The summed E-state index contributed by atoms with van der Waals surface area (Å²) in [5.41, 5.74) is 0.167. The molecule has 1 aromatic heterocycles. The molecule has 2 aromatic rings. The smallest absolute Gasteiger partial charge is 0.265 e. The van der Waals surface area contributed by atoms with Crippen molar-refractivity contribution >= 4 is 5.91 Å². The summed E-state index contributed by atoms with van der Waals surface area (Å²) in [4.78, 5) is 38.3. The molecule has 0 radical (unpaired) electrons. The molecular weight excluding hydrogens is 330 g/mol. The number of aromatic nitrogens is 2. The molecule has 6 heteroatoms. The molecule has 0 aliphatic carbocycles. The molecular formula is C20H21N3O3. The van der Waals surface area contributed by atoms with Gasteiger partial charge in [0.25, 0.3) is 11.1 Å². The maximum atomic E-state index is 13.1. The molecule has 2 heterocycles. The van der Waals surface area contributed by atoms with Gasteiger partial charge in [-0.2, -0.15) is 0 Å². The molecule has 0 saturated carbocycles. The Hall–Kier alpha value is -3.15. The first kappa shape index (κ1) is 17.7. The standard InChI is InChI=1S/C20H21N3O3/c1-2-7-16-10-6-11-17(15-8-4-3-5-9-15)23(16)20(26)14-22-19(25)13-12-18(24)21-22/h2-6,8-9,11-13,16-17H,1,7,10,14H2,(H,21,24)/t16-,17+/m1/s1. The summed E-state index contributed by atoms with van der Waals surface area (Å²) < 4.78 is 1.05. The summed E-state index contributed by atoms with van der Waals surface area (Å²) in [7, 11) is 0. The molecule has 0 bridgehead atoms. The van der Waals surface area contributed by atoms with Crippen molar-refractivity contribution in [1.29, 1.82) is 0 Å². The summed E-state index contributed by atoms with van der Waals surface area (Å²) in [6, 6.07) is 11.8. The lowest BCUT2D eigenvalue weighted by molar-refractivity contribution is -0.136. The molecule has 0 saturated heterocycles. The molecule has 0 spiro atoms. The number of aromatic amines is 1. The van der Waals surface area contributed by atoms with Crippen molar-refractivity contribution in [3.05, 3.63) is 93.5 Å². The van der Waals surface area contributed by atoms with E-state index in [2.05, 4.69) is 17.8 Å². The highest BCUT2D eigenvalue weighted by Crippen LogP contribution is 2.31. The van der Waals surface area contributed by atoms with E-state index < -0.39 is 11.1 Å². The molecule has 1 N–H and O–H groups in total. The van der Waals surface area contributed by atoms with E-state index in [1.54, 1.807) is 11.0 Å². The number of amides is 1. The van der Waals surface area contributed by atoms with E-state index in [9.17, 15) is 14.4 Å². The zero-order valence-corrected chi connectivity index (χ0v) is 14.4. The van der Waals surface area contributed by atoms with Gasteiger partial charge in [-0.1, -0.05) is 48.6 Å². The Morgan fingerprint density at radius 2 is 1.96 bits per heavy atom. The Balaban J connectivity index is 1.95. The lowest BCUT2D eigenvalue weighted by atomic mass is 9.94. The van der Waals surface area contributed by atoms with Gasteiger partial charge in [0.1, 0.15) is 6.54 Å². The number of H-pyrrole nitrogens is 1. The lowest BCUT2D eigenvalue weighted by Crippen LogP contribution is -2.46. The molecule has 2 atom stereocenters. The van der Waals surface area contributed by atoms with Crippen molar-refractivity contribution in [2.45, 2.75) is 31.5 Å². The average Bonchev–Trinajstić information content (AvgIpc) is 2.65. The Bertz CT molecular complexity index is 927. The van der Waals surface area contributed by atoms with Gasteiger partial charge >= 0.3 is 0 Å². The normalized spacial score (nSPS) is 19.3. The first-order chi connectivity index (χ1) is 12.6. The van der Waals surface area contributed by atoms with Crippen molar-refractivity contribution in [1.82, 2.24) is 14.7 Å². The molecule has 134 valence electrons. The van der Waals surface area contributed by atoms with E-state index in [0.29, 0.717) is 6.42 Å². The minimum Gasteiger partial charge on any atom is -0.327 e. The van der Waals surface area contributed by atoms with Crippen LogP contribution in [0.4, 0.5) is 0 Å². The highest BCUT2D eigenvalue weighted by molar-refractivity contribution is 5.77. The summed E-state index contributed by atoms with van der Waals surface area (Å²) in [5, 5.41) is 2.41. The van der Waals surface area contributed by atoms with Gasteiger partial charge in [0.05, 0.1) is 6.04 Å². The van der Waals surface area contributed by atoms with E-state index in [0.717, 1.165) is 28.8 Å². The second kappa shape index (κ2) is 7.82. The maximum absolute atomic E-state index is 13.1. The molecule has 26 heavy (non-hydrogen) atoms. The van der Waals surface area contributed by atoms with Crippen molar-refractivity contribution in [2.75, 3.05) is 0 Å². The highest BCUT2D eigenvalue weighted by Gasteiger charge is 2.31. The van der Waals surface area contributed by atoms with Crippen molar-refractivity contribution in [3.63, 3.8) is 0 Å². The van der Waals surface area contributed by atoms with Gasteiger partial charge in [-0.05, 0) is 18.4 Å². The number of nitrogens with one attached hydrogen (secondary N) is 1. The maximum Gasteiger partial charge on any atom is 0.265 e. The van der Waals surface area contributed by atoms with E-state index in [4.69, 9.17) is 0 Å². The third-order valence-corrected chi connectivity index (χ3v) is 4.47. The van der Waals surface area contributed by atoms with Gasteiger partial charge in [-0.15, -0.1) is 6.58 Å². The molecule has 3 rings (SSSR count). The molecule has 6 nitrogen and oxygen atoms in total. The van der Waals surface area contributed by atoms with Gasteiger partial charge < -0.3 is 4.90 Å². The minimum absolute atomic E-state index is 0.0404. The van der Waals surface area contributed by atoms with E-state index in [-0.39, 0.29) is 24.5 Å². The third-order valence-electron chi connectivity index (χ3n) is 4.47. The fraction of sp³-hybridized carbons (Fsp3) is 0.250. The molecule has 1 aliphatic rings. The van der Waals surface area contributed by atoms with Gasteiger partial charge in [0.2, 0.25) is 5.91 Å². The zero-order chi connectivity index (χ0) is 18.5. The van der Waals surface area contributed by atoms with E-state index in [1.165, 1.54) is 0 Å². The first-order valence-electron chi connectivity index (χ1n) is 8.54. The van der Waals surface area contributed by atoms with Gasteiger partial charge in [0, 0.05) is 18.2 Å². The van der Waals surface area contributed by atoms with E-state index in [1.807, 2.05) is 36.4 Å². The first-order valence-corrected chi connectivity index (χ1v) is 8.54. The summed E-state index contributed by atoms with van der Waals surface area (Å²) in [5.74, 6) is -0.223. The number of hydrogen-bond donors (Lipinski definition) is 1. The summed E-state index contributed by atoms with van der Waals surface area (Å²) >= 11 is 0. The number of hydrogen-bond acceptors (Lipinski definition) is 3. The molecule has 1 amide bonds. The van der Waals surface area contributed by atoms with Crippen molar-refractivity contribution < 1.29 is 4.79 Å². The predicted octanol–water partition coefficient (Wildman–Crippen LogP) is 2.01. The Kier molecular flexibility index (Phi) is 5.31. The number of rotatable bonds is 5. The summed E-state index contributed by atoms with van der Waals surface area (Å²) in [6.07, 6.45) is 7.25. The quantitative estimate of drug-likeness (QED) is 0.838. The second-order valence-corrected chi connectivity index (χ2v) is 6.23. The monoisotopic (exact) mass is 351 g/mol. The highest BCUT2D eigenvalue weighted by atomic mass is 16.2. The summed E-state index contributed by atoms with van der Waals surface area (Å²) in [6.45, 7) is 3.58. The van der Waals surface area contributed by atoms with Gasteiger partial charge in [-0.25, -0.2) is 4.68 Å². The number of carbonyl (C=O) groups excluding carboxylic acids is 1. The van der Waals surface area contributed by atoms with Crippen LogP contribution in [0.15, 0.2) is 76.9 Å². The SMILES string of the molecule is C=CC[C@@H]1CC=C[C@@H](c2ccccc2)N1C(=O)Cn1[nH]c(=O)ccc1=O. The minimum atomic E-state index is -0.418. The number of carbonyl (C=O) groups is 1. The predicted molar refractivity (Wildman–Crippen MR) is 99.7 cm³/mol. The average molecular weight is 351 g/mol. The fourth-order valence-electron chi connectivity index (χ4n) is 3.28. The molecule has 1 aromatic carbocycles. The van der Waals surface area contributed by atoms with Gasteiger partial charge in [0.15, 0.2) is 0 Å². The van der Waals surface area contributed by atoms with Crippen LogP contribution < -0.4 is 11.1 Å². The lowest BCUT2D eigenvalue weighted by Gasteiger charge is -2.39. The molecule has 1 aliphatic heterocycles. The Morgan fingerprint density at radius 3 is 2.69 bits per heavy atom. The van der Waals surface area contributed by atoms with Crippen LogP contribution in [-0.2, 0) is 11.3 Å². The topological polar surface area (TPSA) is 75.2 Å². The number of nitrogens with zero attached hydrogens (tertiary/aromatic N) is 2. The van der Waals surface area contributed by atoms with Crippen LogP contribution >= 0.6 is 0 Å². The number of benzene rings is 1. The molecule has 0 unspecified atom stereocenters. The van der Waals surface area contributed by atoms with Crippen molar-refractivity contribution in [3.8, 4) is 0 Å². The fourth-order valence-corrected chi connectivity index (χ4v) is 3.28. The molecule has 0 fully saturated rings. The Labute approximate surface area is 151 Å². The van der Waals surface area contributed by atoms with Crippen LogP contribution in [0.25, 0.3) is 0 Å². The van der Waals surface area contributed by atoms with E-state index >= 15 is 0 Å². The zero-order valence-electron chi connectivity index (χ0n) is 14.4. The van der Waals surface area contributed by atoms with Crippen molar-refractivity contribution in [2.24, 2.45) is 0 Å². The third kappa shape index (κ3) is 3.74. The van der Waals surface area contributed by atoms with Gasteiger partial charge in [-0.3, -0.25) is 19.5 Å². The van der Waals surface area contributed by atoms with Crippen LogP contribution in [0.1, 0.15) is 24.4 Å².